The molecule has 0 N–H and O–H groups in total. The first-order chi connectivity index (χ1) is 11.2. The highest BCUT2D eigenvalue weighted by molar-refractivity contribution is 7.19. The summed E-state index contributed by atoms with van der Waals surface area (Å²) in [4.78, 5) is 8.16. The van der Waals surface area contributed by atoms with Crippen LogP contribution in [0.4, 0.5) is 0 Å². The molecule has 0 unspecified atom stereocenters. The number of benzene rings is 1. The summed E-state index contributed by atoms with van der Waals surface area (Å²) in [7, 11) is 1.77. The van der Waals surface area contributed by atoms with E-state index in [1.807, 2.05) is 18.3 Å². The number of thiophene rings is 1. The third kappa shape index (κ3) is 2.89. The molecule has 0 amide bonds. The molecule has 2 aromatic heterocycles. The molecule has 2 atom stereocenters. The van der Waals surface area contributed by atoms with E-state index < -0.39 is 0 Å². The molecule has 3 heterocycles. The lowest BCUT2D eigenvalue weighted by Gasteiger charge is -2.20. The van der Waals surface area contributed by atoms with Gasteiger partial charge in [-0.3, -0.25) is 4.90 Å². The minimum Gasteiger partial charge on any atom is -0.380 e. The Morgan fingerprint density at radius 2 is 2.26 bits per heavy atom. The summed E-state index contributed by atoms with van der Waals surface area (Å²) < 4.78 is 12.3. The Balaban J connectivity index is 1.59. The molecule has 1 aromatic carbocycles. The molecule has 1 saturated heterocycles. The predicted octanol–water partition coefficient (Wildman–Crippen LogP) is 3.55. The number of aryl methyl sites for hydroxylation is 1. The normalized spacial score (nSPS) is 22.2. The van der Waals surface area contributed by atoms with E-state index in [2.05, 4.69) is 45.4 Å². The molecule has 1 aliphatic heterocycles. The average molecular weight is 329 g/mol. The van der Waals surface area contributed by atoms with E-state index in [4.69, 9.17) is 9.26 Å². The number of likely N-dealkylation sites (tertiary alicyclic amines) is 1. The molecule has 0 saturated carbocycles. The molecular weight excluding hydrogens is 310 g/mol. The Labute approximate surface area is 138 Å². The van der Waals surface area contributed by atoms with Crippen molar-refractivity contribution in [3.8, 4) is 0 Å². The van der Waals surface area contributed by atoms with Crippen LogP contribution >= 0.6 is 11.3 Å². The second-order valence-electron chi connectivity index (χ2n) is 5.97. The van der Waals surface area contributed by atoms with Crippen molar-refractivity contribution in [3.05, 3.63) is 46.9 Å². The Morgan fingerprint density at radius 1 is 1.39 bits per heavy atom. The number of nitrogens with zero attached hydrogens (tertiary/aromatic N) is 3. The van der Waals surface area contributed by atoms with Crippen molar-refractivity contribution in [2.75, 3.05) is 13.7 Å². The molecular formula is C17H19N3O2S. The fourth-order valence-corrected chi connectivity index (χ4v) is 4.32. The van der Waals surface area contributed by atoms with Gasteiger partial charge in [0, 0.05) is 29.8 Å². The van der Waals surface area contributed by atoms with E-state index in [-0.39, 0.29) is 12.1 Å². The minimum atomic E-state index is 0.131. The second-order valence-corrected chi connectivity index (χ2v) is 7.14. The Bertz CT molecular complexity index is 780. The van der Waals surface area contributed by atoms with Crippen molar-refractivity contribution in [2.45, 2.75) is 32.0 Å². The Kier molecular flexibility index (Phi) is 3.88. The Hall–Kier alpha value is -1.76. The SMILES string of the molecule is CO[C@H]1C[C@H](c2nc(C)no2)N(Cc2cc3ccccc3s2)C1. The molecule has 23 heavy (non-hydrogen) atoms. The van der Waals surface area contributed by atoms with Crippen LogP contribution in [0.2, 0.25) is 0 Å². The zero-order valence-corrected chi connectivity index (χ0v) is 14.0. The summed E-state index contributed by atoms with van der Waals surface area (Å²) in [6.45, 7) is 3.62. The summed E-state index contributed by atoms with van der Waals surface area (Å²) in [5, 5.41) is 5.24. The molecule has 0 bridgehead atoms. The van der Waals surface area contributed by atoms with Crippen LogP contribution in [-0.4, -0.2) is 34.8 Å². The third-order valence-electron chi connectivity index (χ3n) is 4.36. The molecule has 0 aliphatic carbocycles. The van der Waals surface area contributed by atoms with Crippen molar-refractivity contribution < 1.29 is 9.26 Å². The number of fused-ring (bicyclic) bond motifs is 1. The summed E-state index contributed by atoms with van der Waals surface area (Å²) in [5.74, 6) is 1.38. The number of methoxy groups -OCH3 is 1. The van der Waals surface area contributed by atoms with Crippen molar-refractivity contribution in [3.63, 3.8) is 0 Å². The van der Waals surface area contributed by atoms with Crippen LogP contribution in [-0.2, 0) is 11.3 Å². The van der Waals surface area contributed by atoms with Gasteiger partial charge < -0.3 is 9.26 Å². The van der Waals surface area contributed by atoms with Gasteiger partial charge in [-0.15, -0.1) is 11.3 Å². The van der Waals surface area contributed by atoms with E-state index in [0.717, 1.165) is 19.5 Å². The number of aromatic nitrogens is 2. The third-order valence-corrected chi connectivity index (χ3v) is 5.46. The van der Waals surface area contributed by atoms with Crippen LogP contribution in [0.25, 0.3) is 10.1 Å². The molecule has 0 radical (unpaired) electrons. The van der Waals surface area contributed by atoms with Gasteiger partial charge in [0.1, 0.15) is 0 Å². The van der Waals surface area contributed by atoms with Crippen LogP contribution < -0.4 is 0 Å². The van der Waals surface area contributed by atoms with Gasteiger partial charge in [0.2, 0.25) is 5.89 Å². The van der Waals surface area contributed by atoms with Crippen LogP contribution in [0, 0.1) is 6.92 Å². The van der Waals surface area contributed by atoms with Gasteiger partial charge >= 0.3 is 0 Å². The van der Waals surface area contributed by atoms with Gasteiger partial charge in [0.15, 0.2) is 5.82 Å². The van der Waals surface area contributed by atoms with Crippen LogP contribution in [0.3, 0.4) is 0 Å². The summed E-state index contributed by atoms with van der Waals surface area (Å²) >= 11 is 1.85. The Morgan fingerprint density at radius 3 is 3.00 bits per heavy atom. The quantitative estimate of drug-likeness (QED) is 0.732. The molecule has 1 aliphatic rings. The highest BCUT2D eigenvalue weighted by Crippen LogP contribution is 2.35. The van der Waals surface area contributed by atoms with Crippen LogP contribution in [0.5, 0.6) is 0 Å². The zero-order chi connectivity index (χ0) is 15.8. The summed E-state index contributed by atoms with van der Waals surface area (Å²) in [6, 6.07) is 10.9. The van der Waals surface area contributed by atoms with E-state index in [1.54, 1.807) is 7.11 Å². The van der Waals surface area contributed by atoms with E-state index in [9.17, 15) is 0 Å². The first-order valence-corrected chi connectivity index (χ1v) is 8.59. The van der Waals surface area contributed by atoms with Crippen LogP contribution in [0.15, 0.2) is 34.9 Å². The zero-order valence-electron chi connectivity index (χ0n) is 13.2. The molecule has 6 heteroatoms. The lowest BCUT2D eigenvalue weighted by Crippen LogP contribution is -2.24. The standard InChI is InChI=1S/C17H19N3O2S/c1-11-18-17(22-19-11)15-8-13(21-2)9-20(15)10-14-7-12-5-3-4-6-16(12)23-14/h3-7,13,15H,8-10H2,1-2H3/t13-,15+/m0/s1. The van der Waals surface area contributed by atoms with Gasteiger partial charge in [0.05, 0.1) is 12.1 Å². The lowest BCUT2D eigenvalue weighted by molar-refractivity contribution is 0.107. The van der Waals surface area contributed by atoms with Gasteiger partial charge in [-0.25, -0.2) is 0 Å². The van der Waals surface area contributed by atoms with Gasteiger partial charge in [0.25, 0.3) is 0 Å². The minimum absolute atomic E-state index is 0.131. The summed E-state index contributed by atoms with van der Waals surface area (Å²) in [5.41, 5.74) is 0. The first kappa shape index (κ1) is 14.8. The maximum absolute atomic E-state index is 5.57. The molecule has 3 aromatic rings. The average Bonchev–Trinajstić information content (AvgIpc) is 3.24. The van der Waals surface area contributed by atoms with Gasteiger partial charge in [-0.2, -0.15) is 4.98 Å². The molecule has 4 rings (SSSR count). The molecule has 5 nitrogen and oxygen atoms in total. The highest BCUT2D eigenvalue weighted by Gasteiger charge is 2.36. The highest BCUT2D eigenvalue weighted by atomic mass is 32.1. The number of hydrogen-bond donors (Lipinski definition) is 0. The first-order valence-electron chi connectivity index (χ1n) is 7.77. The van der Waals surface area contributed by atoms with Gasteiger partial charge in [-0.05, 0) is 30.9 Å². The number of hydrogen-bond acceptors (Lipinski definition) is 6. The van der Waals surface area contributed by atoms with Crippen LogP contribution in [0.1, 0.15) is 29.1 Å². The topological polar surface area (TPSA) is 51.4 Å². The smallest absolute Gasteiger partial charge is 0.244 e. The molecule has 0 spiro atoms. The van der Waals surface area contributed by atoms with Crippen molar-refractivity contribution in [2.24, 2.45) is 0 Å². The largest absolute Gasteiger partial charge is 0.380 e. The van der Waals surface area contributed by atoms with E-state index in [0.29, 0.717) is 11.7 Å². The predicted molar refractivity (Wildman–Crippen MR) is 89.4 cm³/mol. The maximum atomic E-state index is 5.57. The fourth-order valence-electron chi connectivity index (χ4n) is 3.23. The van der Waals surface area contributed by atoms with E-state index in [1.165, 1.54) is 15.0 Å². The maximum Gasteiger partial charge on any atom is 0.244 e. The number of ether oxygens (including phenoxy) is 1. The van der Waals surface area contributed by atoms with E-state index >= 15 is 0 Å². The molecule has 120 valence electrons. The number of rotatable bonds is 4. The van der Waals surface area contributed by atoms with Gasteiger partial charge in [-0.1, -0.05) is 23.4 Å². The second kappa shape index (κ2) is 6.03. The summed E-state index contributed by atoms with van der Waals surface area (Å²) in [6.07, 6.45) is 1.10. The fraction of sp³-hybridized carbons (Fsp3) is 0.412. The molecule has 1 fully saturated rings. The van der Waals surface area contributed by atoms with Crippen molar-refractivity contribution >= 4 is 21.4 Å². The van der Waals surface area contributed by atoms with Crippen molar-refractivity contribution in [1.29, 1.82) is 0 Å². The monoisotopic (exact) mass is 329 g/mol. The lowest BCUT2D eigenvalue weighted by atomic mass is 10.2. The van der Waals surface area contributed by atoms with Crippen molar-refractivity contribution in [1.82, 2.24) is 15.0 Å².